The van der Waals surface area contributed by atoms with E-state index in [-0.39, 0.29) is 21.8 Å². The molecular weight excluding hydrogens is 312 g/mol. The van der Waals surface area contributed by atoms with Crippen molar-refractivity contribution < 1.29 is 16.8 Å². The average Bonchev–Trinajstić information content (AvgIpc) is 3.20. The second-order valence-electron chi connectivity index (χ2n) is 5.61. The van der Waals surface area contributed by atoms with Crippen LogP contribution in [0, 0.1) is 5.92 Å². The molecule has 0 bridgehead atoms. The van der Waals surface area contributed by atoms with Crippen molar-refractivity contribution in [1.82, 2.24) is 9.44 Å². The van der Waals surface area contributed by atoms with E-state index in [9.17, 15) is 16.8 Å². The van der Waals surface area contributed by atoms with E-state index in [1.54, 1.807) is 0 Å². The maximum absolute atomic E-state index is 12.0. The van der Waals surface area contributed by atoms with Crippen molar-refractivity contribution in [2.24, 2.45) is 5.92 Å². The van der Waals surface area contributed by atoms with Gasteiger partial charge in [0, 0.05) is 12.6 Å². The van der Waals surface area contributed by atoms with Gasteiger partial charge < -0.3 is 0 Å². The smallest absolute Gasteiger partial charge is 0.211 e. The summed E-state index contributed by atoms with van der Waals surface area (Å²) in [7, 11) is -7.14. The van der Waals surface area contributed by atoms with E-state index in [0.29, 0.717) is 6.54 Å². The summed E-state index contributed by atoms with van der Waals surface area (Å²) in [6.45, 7) is 4.15. The lowest BCUT2D eigenvalue weighted by Gasteiger charge is -2.10. The zero-order chi connectivity index (χ0) is 15.7. The zero-order valence-electron chi connectivity index (χ0n) is 12.0. The molecule has 0 atom stereocenters. The van der Waals surface area contributed by atoms with Gasteiger partial charge in [0.05, 0.1) is 9.79 Å². The zero-order valence-corrected chi connectivity index (χ0v) is 13.7. The van der Waals surface area contributed by atoms with Crippen LogP contribution in [0.15, 0.2) is 34.1 Å². The molecule has 1 saturated carbocycles. The van der Waals surface area contributed by atoms with E-state index < -0.39 is 20.0 Å². The molecule has 6 nitrogen and oxygen atoms in total. The molecule has 0 aliphatic heterocycles. The van der Waals surface area contributed by atoms with Crippen molar-refractivity contribution in [1.29, 1.82) is 0 Å². The maximum atomic E-state index is 12.0. The molecule has 1 aliphatic carbocycles. The van der Waals surface area contributed by atoms with E-state index >= 15 is 0 Å². The van der Waals surface area contributed by atoms with Crippen LogP contribution in [-0.4, -0.2) is 29.4 Å². The molecule has 0 amide bonds. The first-order valence-electron chi connectivity index (χ1n) is 6.83. The second kappa shape index (κ2) is 6.04. The Bertz CT molecular complexity index is 690. The topological polar surface area (TPSA) is 92.3 Å². The molecule has 0 heterocycles. The van der Waals surface area contributed by atoms with Crippen LogP contribution < -0.4 is 9.44 Å². The summed E-state index contributed by atoms with van der Waals surface area (Å²) in [5.74, 6) is 0.196. The third-order valence-electron chi connectivity index (χ3n) is 3.03. The van der Waals surface area contributed by atoms with Gasteiger partial charge in [-0.25, -0.2) is 26.3 Å². The lowest BCUT2D eigenvalue weighted by Crippen LogP contribution is -2.28. The highest BCUT2D eigenvalue weighted by molar-refractivity contribution is 7.90. The summed E-state index contributed by atoms with van der Waals surface area (Å²) >= 11 is 0. The number of hydrogen-bond acceptors (Lipinski definition) is 4. The summed E-state index contributed by atoms with van der Waals surface area (Å²) in [5, 5.41) is 0. The van der Waals surface area contributed by atoms with E-state index in [2.05, 4.69) is 9.44 Å². The van der Waals surface area contributed by atoms with Gasteiger partial charge in [-0.15, -0.1) is 0 Å². The first-order chi connectivity index (χ1) is 9.71. The van der Waals surface area contributed by atoms with Gasteiger partial charge in [-0.2, -0.15) is 0 Å². The molecule has 1 aliphatic rings. The Morgan fingerprint density at radius 1 is 1.00 bits per heavy atom. The van der Waals surface area contributed by atoms with Crippen LogP contribution in [0.25, 0.3) is 0 Å². The summed E-state index contributed by atoms with van der Waals surface area (Å²) in [6.07, 6.45) is 1.70. The highest BCUT2D eigenvalue weighted by Crippen LogP contribution is 2.22. The van der Waals surface area contributed by atoms with Gasteiger partial charge in [-0.3, -0.25) is 0 Å². The third-order valence-corrected chi connectivity index (χ3v) is 6.00. The largest absolute Gasteiger partial charge is 0.240 e. The fraction of sp³-hybridized carbons (Fsp3) is 0.538. The van der Waals surface area contributed by atoms with Crippen molar-refractivity contribution in [3.05, 3.63) is 24.3 Å². The molecule has 1 aromatic carbocycles. The second-order valence-corrected chi connectivity index (χ2v) is 9.09. The fourth-order valence-electron chi connectivity index (χ4n) is 1.65. The molecule has 0 unspecified atom stereocenters. The number of hydrogen-bond donors (Lipinski definition) is 2. The molecule has 0 aromatic heterocycles. The molecule has 2 N–H and O–H groups in total. The van der Waals surface area contributed by atoms with Gasteiger partial charge in [0.15, 0.2) is 0 Å². The molecule has 0 spiro atoms. The van der Waals surface area contributed by atoms with Crippen molar-refractivity contribution in [2.45, 2.75) is 42.5 Å². The minimum absolute atomic E-state index is 0.0196. The van der Waals surface area contributed by atoms with Crippen LogP contribution in [-0.2, 0) is 20.0 Å². The number of rotatable bonds is 7. The molecular formula is C13H20N2O4S2. The normalized spacial score (nSPS) is 16.3. The third kappa shape index (κ3) is 4.50. The van der Waals surface area contributed by atoms with E-state index in [1.807, 2.05) is 13.8 Å². The van der Waals surface area contributed by atoms with Crippen molar-refractivity contribution in [2.75, 3.05) is 6.54 Å². The summed E-state index contributed by atoms with van der Waals surface area (Å²) in [6, 6.07) is 5.27. The van der Waals surface area contributed by atoms with Gasteiger partial charge in [0.1, 0.15) is 0 Å². The van der Waals surface area contributed by atoms with Crippen LogP contribution >= 0.6 is 0 Å². The first-order valence-corrected chi connectivity index (χ1v) is 9.79. The Labute approximate surface area is 126 Å². The molecule has 118 valence electrons. The highest BCUT2D eigenvalue weighted by atomic mass is 32.2. The van der Waals surface area contributed by atoms with Gasteiger partial charge in [-0.1, -0.05) is 13.8 Å². The van der Waals surface area contributed by atoms with Crippen LogP contribution in [0.2, 0.25) is 0 Å². The predicted octanol–water partition coefficient (Wildman–Crippen LogP) is 1.06. The molecule has 1 fully saturated rings. The maximum Gasteiger partial charge on any atom is 0.240 e. The fourth-order valence-corrected chi connectivity index (χ4v) is 4.17. The lowest BCUT2D eigenvalue weighted by atomic mass is 10.2. The molecule has 21 heavy (non-hydrogen) atoms. The average molecular weight is 332 g/mol. The van der Waals surface area contributed by atoms with Crippen LogP contribution in [0.4, 0.5) is 0 Å². The Balaban J connectivity index is 2.14. The predicted molar refractivity (Wildman–Crippen MR) is 79.8 cm³/mol. The minimum atomic E-state index is -3.59. The van der Waals surface area contributed by atoms with Crippen LogP contribution in [0.3, 0.4) is 0 Å². The Kier molecular flexibility index (Phi) is 4.72. The van der Waals surface area contributed by atoms with E-state index in [0.717, 1.165) is 12.8 Å². The number of sulfonamides is 2. The quantitative estimate of drug-likeness (QED) is 0.781. The molecule has 1 aromatic rings. The summed E-state index contributed by atoms with van der Waals surface area (Å²) < 4.78 is 53.0. The summed E-state index contributed by atoms with van der Waals surface area (Å²) in [5.41, 5.74) is 0. The van der Waals surface area contributed by atoms with Crippen molar-refractivity contribution in [3.8, 4) is 0 Å². The van der Waals surface area contributed by atoms with Crippen molar-refractivity contribution >= 4 is 20.0 Å². The number of benzene rings is 1. The van der Waals surface area contributed by atoms with Gasteiger partial charge in [-0.05, 0) is 43.0 Å². The lowest BCUT2D eigenvalue weighted by molar-refractivity contribution is 0.559. The molecule has 0 radical (unpaired) electrons. The first kappa shape index (κ1) is 16.4. The monoisotopic (exact) mass is 332 g/mol. The van der Waals surface area contributed by atoms with E-state index in [1.165, 1.54) is 24.3 Å². The van der Waals surface area contributed by atoms with Gasteiger partial charge >= 0.3 is 0 Å². The minimum Gasteiger partial charge on any atom is -0.211 e. The SMILES string of the molecule is CC(C)CNS(=O)(=O)c1ccc(S(=O)(=O)NC2CC2)cc1. The molecule has 8 heteroatoms. The standard InChI is InChI=1S/C13H20N2O4S2/c1-10(2)9-14-20(16,17)12-5-7-13(8-6-12)21(18,19)15-11-3-4-11/h5-8,10-11,14-15H,3-4,9H2,1-2H3. The molecule has 2 rings (SSSR count). The Hall–Kier alpha value is -0.960. The van der Waals surface area contributed by atoms with Crippen LogP contribution in [0.5, 0.6) is 0 Å². The Morgan fingerprint density at radius 3 is 1.90 bits per heavy atom. The summed E-state index contributed by atoms with van der Waals surface area (Å²) in [4.78, 5) is 0.144. The number of nitrogens with one attached hydrogen (secondary N) is 2. The van der Waals surface area contributed by atoms with Gasteiger partial charge in [0.2, 0.25) is 20.0 Å². The van der Waals surface area contributed by atoms with Crippen LogP contribution in [0.1, 0.15) is 26.7 Å². The highest BCUT2D eigenvalue weighted by Gasteiger charge is 2.28. The van der Waals surface area contributed by atoms with E-state index in [4.69, 9.17) is 0 Å². The Morgan fingerprint density at radius 2 is 1.48 bits per heavy atom. The van der Waals surface area contributed by atoms with Gasteiger partial charge in [0.25, 0.3) is 0 Å². The molecule has 0 saturated heterocycles. The van der Waals surface area contributed by atoms with Crippen molar-refractivity contribution in [3.63, 3.8) is 0 Å².